The number of nitrogens with two attached hydrogens (primary N) is 3. The van der Waals surface area contributed by atoms with Crippen LogP contribution in [-0.2, 0) is 30.4 Å². The number of aliphatic carboxylic acids is 2. The molecule has 0 saturated carbocycles. The van der Waals surface area contributed by atoms with Crippen molar-refractivity contribution < 1.29 is 39.3 Å². The van der Waals surface area contributed by atoms with Crippen LogP contribution in [0.15, 0.2) is 29.3 Å². The minimum atomic E-state index is -1.33. The summed E-state index contributed by atoms with van der Waals surface area (Å²) in [5.74, 6) is -4.46. The summed E-state index contributed by atoms with van der Waals surface area (Å²) in [7, 11) is 0. The molecule has 12 N–H and O–H groups in total. The van der Waals surface area contributed by atoms with E-state index >= 15 is 0 Å². The molecule has 4 atom stereocenters. The highest BCUT2D eigenvalue weighted by Crippen LogP contribution is 2.13. The standard InChI is InChI=1S/C25H39N7O8S/c1-41-12-10-16(26)21(36)30-17(8-9-20(34)35)22(37)32-19(13-14-4-6-15(33)7-5-14)23(38)31-18(24(39)40)3-2-11-29-25(27)28/h4-7,16-19,33H,2-3,8-13,26H2,1H3,(H,30,36)(H,31,38)(H,32,37)(H,34,35)(H,39,40)(H4,27,28,29). The number of rotatable bonds is 19. The first-order valence-corrected chi connectivity index (χ1v) is 14.2. The summed E-state index contributed by atoms with van der Waals surface area (Å²) in [6.07, 6.45) is 1.55. The van der Waals surface area contributed by atoms with Gasteiger partial charge in [0.2, 0.25) is 17.7 Å². The van der Waals surface area contributed by atoms with Crippen LogP contribution in [0.2, 0.25) is 0 Å². The number of thioether (sulfide) groups is 1. The lowest BCUT2D eigenvalue weighted by Crippen LogP contribution is -2.57. The first-order valence-electron chi connectivity index (χ1n) is 12.8. The van der Waals surface area contributed by atoms with Crippen LogP contribution in [-0.4, -0.2) is 93.7 Å². The number of nitrogens with one attached hydrogen (secondary N) is 3. The molecule has 0 bridgehead atoms. The van der Waals surface area contributed by atoms with E-state index in [0.29, 0.717) is 17.7 Å². The van der Waals surface area contributed by atoms with Crippen molar-refractivity contribution in [2.45, 2.75) is 62.7 Å². The van der Waals surface area contributed by atoms with Gasteiger partial charge in [0.15, 0.2) is 5.96 Å². The molecule has 0 aliphatic rings. The van der Waals surface area contributed by atoms with Crippen LogP contribution in [0.4, 0.5) is 0 Å². The average molecular weight is 598 g/mol. The molecule has 16 heteroatoms. The average Bonchev–Trinajstić information content (AvgIpc) is 2.91. The highest BCUT2D eigenvalue weighted by Gasteiger charge is 2.30. The van der Waals surface area contributed by atoms with Gasteiger partial charge in [0.1, 0.15) is 23.9 Å². The van der Waals surface area contributed by atoms with E-state index in [-0.39, 0.29) is 43.9 Å². The number of nitrogens with zero attached hydrogens (tertiary/aromatic N) is 1. The predicted molar refractivity (Wildman–Crippen MR) is 153 cm³/mol. The molecule has 41 heavy (non-hydrogen) atoms. The zero-order valence-electron chi connectivity index (χ0n) is 22.7. The monoisotopic (exact) mass is 597 g/mol. The Kier molecular flexibility index (Phi) is 15.6. The Morgan fingerprint density at radius 1 is 0.878 bits per heavy atom. The second kappa shape index (κ2) is 18.3. The molecular weight excluding hydrogens is 558 g/mol. The van der Waals surface area contributed by atoms with Crippen molar-refractivity contribution in [2.75, 3.05) is 18.6 Å². The van der Waals surface area contributed by atoms with Crippen molar-refractivity contribution >= 4 is 47.4 Å². The van der Waals surface area contributed by atoms with Crippen LogP contribution in [0.3, 0.4) is 0 Å². The van der Waals surface area contributed by atoms with E-state index < -0.39 is 60.2 Å². The van der Waals surface area contributed by atoms with Crippen molar-refractivity contribution in [1.82, 2.24) is 16.0 Å². The van der Waals surface area contributed by atoms with Gasteiger partial charge < -0.3 is 48.5 Å². The van der Waals surface area contributed by atoms with Crippen LogP contribution >= 0.6 is 11.8 Å². The smallest absolute Gasteiger partial charge is 0.326 e. The van der Waals surface area contributed by atoms with Gasteiger partial charge >= 0.3 is 11.9 Å². The minimum absolute atomic E-state index is 0.0110. The molecule has 0 heterocycles. The van der Waals surface area contributed by atoms with Gasteiger partial charge in [-0.15, -0.1) is 0 Å². The third-order valence-corrected chi connectivity index (χ3v) is 6.46. The van der Waals surface area contributed by atoms with E-state index in [1.54, 1.807) is 0 Å². The molecule has 0 aliphatic heterocycles. The largest absolute Gasteiger partial charge is 0.508 e. The molecule has 3 amide bonds. The topological polar surface area (TPSA) is 273 Å². The number of amides is 3. The number of aliphatic imine (C=N–C) groups is 1. The number of phenols is 1. The first-order chi connectivity index (χ1) is 19.3. The Hall–Kier alpha value is -4.05. The molecule has 1 aromatic carbocycles. The fourth-order valence-electron chi connectivity index (χ4n) is 3.57. The number of carbonyl (C=O) groups excluding carboxylic acids is 3. The van der Waals surface area contributed by atoms with Crippen LogP contribution in [0, 0.1) is 0 Å². The van der Waals surface area contributed by atoms with Crippen molar-refractivity contribution in [3.63, 3.8) is 0 Å². The number of hydrogen-bond acceptors (Lipinski definition) is 9. The number of carboxylic acid groups (broad SMARTS) is 2. The summed E-state index contributed by atoms with van der Waals surface area (Å²) in [5, 5.41) is 35.7. The lowest BCUT2D eigenvalue weighted by atomic mass is 10.0. The lowest BCUT2D eigenvalue weighted by molar-refractivity contribution is -0.142. The molecule has 0 fully saturated rings. The number of phenolic OH excluding ortho intramolecular Hbond substituents is 1. The highest BCUT2D eigenvalue weighted by atomic mass is 32.2. The fourth-order valence-corrected chi connectivity index (χ4v) is 4.06. The van der Waals surface area contributed by atoms with E-state index in [4.69, 9.17) is 22.3 Å². The van der Waals surface area contributed by atoms with Gasteiger partial charge in [0.05, 0.1) is 6.04 Å². The van der Waals surface area contributed by atoms with Crippen LogP contribution < -0.4 is 33.2 Å². The van der Waals surface area contributed by atoms with Crippen LogP contribution in [0.1, 0.15) is 37.7 Å². The maximum atomic E-state index is 13.2. The Morgan fingerprint density at radius 3 is 2.02 bits per heavy atom. The van der Waals surface area contributed by atoms with Gasteiger partial charge in [-0.05, 0) is 55.4 Å². The Bertz CT molecular complexity index is 1070. The van der Waals surface area contributed by atoms with Crippen molar-refractivity contribution in [3.05, 3.63) is 29.8 Å². The summed E-state index contributed by atoms with van der Waals surface area (Å²) in [4.78, 5) is 65.8. The first kappa shape index (κ1) is 35.0. The Labute approximate surface area is 241 Å². The number of carboxylic acids is 2. The lowest BCUT2D eigenvalue weighted by Gasteiger charge is -2.25. The summed E-state index contributed by atoms with van der Waals surface area (Å²) in [6.45, 7) is 0.139. The van der Waals surface area contributed by atoms with Gasteiger partial charge in [-0.25, -0.2) is 4.79 Å². The van der Waals surface area contributed by atoms with Gasteiger partial charge in [-0.1, -0.05) is 12.1 Å². The quantitative estimate of drug-likeness (QED) is 0.0499. The highest BCUT2D eigenvalue weighted by molar-refractivity contribution is 7.98. The van der Waals surface area contributed by atoms with Gasteiger partial charge in [0.25, 0.3) is 0 Å². The van der Waals surface area contributed by atoms with E-state index in [1.807, 2.05) is 6.26 Å². The van der Waals surface area contributed by atoms with E-state index in [1.165, 1.54) is 36.0 Å². The molecule has 0 aromatic heterocycles. The van der Waals surface area contributed by atoms with E-state index in [2.05, 4.69) is 20.9 Å². The number of aromatic hydroxyl groups is 1. The molecule has 0 aliphatic carbocycles. The summed E-state index contributed by atoms with van der Waals surface area (Å²) in [5.41, 5.74) is 16.9. The molecule has 4 unspecified atom stereocenters. The summed E-state index contributed by atoms with van der Waals surface area (Å²) >= 11 is 1.48. The predicted octanol–water partition coefficient (Wildman–Crippen LogP) is -1.53. The molecular formula is C25H39N7O8S. The number of benzene rings is 1. The summed E-state index contributed by atoms with van der Waals surface area (Å²) < 4.78 is 0. The zero-order chi connectivity index (χ0) is 30.9. The molecule has 0 radical (unpaired) electrons. The van der Waals surface area contributed by atoms with Crippen molar-refractivity contribution in [2.24, 2.45) is 22.2 Å². The van der Waals surface area contributed by atoms with Gasteiger partial charge in [-0.3, -0.25) is 24.2 Å². The van der Waals surface area contributed by atoms with Crippen LogP contribution in [0.25, 0.3) is 0 Å². The summed E-state index contributed by atoms with van der Waals surface area (Å²) in [6, 6.07) is 0.871. The maximum absolute atomic E-state index is 13.2. The third-order valence-electron chi connectivity index (χ3n) is 5.82. The molecule has 15 nitrogen and oxygen atoms in total. The van der Waals surface area contributed by atoms with Gasteiger partial charge in [0, 0.05) is 19.4 Å². The third kappa shape index (κ3) is 14.2. The SMILES string of the molecule is CSCCC(N)C(=O)NC(CCC(=O)O)C(=O)NC(Cc1ccc(O)cc1)C(=O)NC(CCCN=C(N)N)C(=O)O. The Balaban J connectivity index is 3.14. The zero-order valence-corrected chi connectivity index (χ0v) is 23.6. The van der Waals surface area contributed by atoms with Gasteiger partial charge in [-0.2, -0.15) is 11.8 Å². The molecule has 228 valence electrons. The Morgan fingerprint density at radius 2 is 1.46 bits per heavy atom. The maximum Gasteiger partial charge on any atom is 0.326 e. The number of hydrogen-bond donors (Lipinski definition) is 9. The molecule has 0 spiro atoms. The van der Waals surface area contributed by atoms with Crippen molar-refractivity contribution in [3.8, 4) is 5.75 Å². The molecule has 1 rings (SSSR count). The second-order valence-electron chi connectivity index (χ2n) is 9.16. The molecule has 0 saturated heterocycles. The minimum Gasteiger partial charge on any atom is -0.508 e. The fraction of sp³-hybridized carbons (Fsp3) is 0.520. The van der Waals surface area contributed by atoms with E-state index in [9.17, 15) is 34.2 Å². The second-order valence-corrected chi connectivity index (χ2v) is 10.1. The molecule has 1 aromatic rings. The number of guanidine groups is 1. The van der Waals surface area contributed by atoms with Crippen molar-refractivity contribution in [1.29, 1.82) is 0 Å². The number of carbonyl (C=O) groups is 5. The normalized spacial score (nSPS) is 13.6. The van der Waals surface area contributed by atoms with E-state index in [0.717, 1.165) is 0 Å². The van der Waals surface area contributed by atoms with Crippen LogP contribution in [0.5, 0.6) is 5.75 Å².